The molecule has 1 aliphatic rings. The summed E-state index contributed by atoms with van der Waals surface area (Å²) in [6.45, 7) is 4.41. The first-order valence-electron chi connectivity index (χ1n) is 6.05. The highest BCUT2D eigenvalue weighted by molar-refractivity contribution is 5.94. The van der Waals surface area contributed by atoms with Crippen LogP contribution >= 0.6 is 0 Å². The van der Waals surface area contributed by atoms with Gasteiger partial charge in [-0.25, -0.2) is 0 Å². The highest BCUT2D eigenvalue weighted by Gasteiger charge is 2.39. The van der Waals surface area contributed by atoms with Crippen molar-refractivity contribution in [2.45, 2.75) is 32.0 Å². The SMILES string of the molecule is Cc1cncc(C(=O)NCC2(O)CCOC2C)c1. The lowest BCUT2D eigenvalue weighted by Crippen LogP contribution is -2.47. The number of hydrogen-bond donors (Lipinski definition) is 2. The standard InChI is InChI=1S/C13H18N2O3/c1-9-5-11(7-14-6-9)12(16)15-8-13(17)3-4-18-10(13)2/h5-7,10,17H,3-4,8H2,1-2H3,(H,15,16). The molecule has 0 saturated carbocycles. The molecular weight excluding hydrogens is 232 g/mol. The van der Waals surface area contributed by atoms with E-state index in [1.54, 1.807) is 12.3 Å². The number of amides is 1. The fraction of sp³-hybridized carbons (Fsp3) is 0.538. The van der Waals surface area contributed by atoms with Crippen LogP contribution in [-0.4, -0.2) is 40.9 Å². The Morgan fingerprint density at radius 2 is 2.44 bits per heavy atom. The van der Waals surface area contributed by atoms with Crippen LogP contribution < -0.4 is 5.32 Å². The van der Waals surface area contributed by atoms with Crippen molar-refractivity contribution in [2.75, 3.05) is 13.2 Å². The van der Waals surface area contributed by atoms with Gasteiger partial charge in [-0.15, -0.1) is 0 Å². The van der Waals surface area contributed by atoms with Crippen molar-refractivity contribution in [3.05, 3.63) is 29.6 Å². The van der Waals surface area contributed by atoms with E-state index in [0.29, 0.717) is 18.6 Å². The average molecular weight is 250 g/mol. The zero-order chi connectivity index (χ0) is 13.2. The number of aliphatic hydroxyl groups is 1. The number of hydrogen-bond acceptors (Lipinski definition) is 4. The van der Waals surface area contributed by atoms with Crippen LogP contribution in [0.1, 0.15) is 29.3 Å². The van der Waals surface area contributed by atoms with E-state index in [0.717, 1.165) is 5.56 Å². The van der Waals surface area contributed by atoms with Gasteiger partial charge in [0, 0.05) is 32.0 Å². The Morgan fingerprint density at radius 3 is 3.06 bits per heavy atom. The van der Waals surface area contributed by atoms with Crippen molar-refractivity contribution >= 4 is 5.91 Å². The third-order valence-electron chi connectivity index (χ3n) is 3.35. The van der Waals surface area contributed by atoms with Gasteiger partial charge in [0.15, 0.2) is 0 Å². The molecule has 1 aromatic rings. The number of nitrogens with zero attached hydrogens (tertiary/aromatic N) is 1. The van der Waals surface area contributed by atoms with Gasteiger partial charge in [0.25, 0.3) is 5.91 Å². The van der Waals surface area contributed by atoms with Crippen LogP contribution in [0.4, 0.5) is 0 Å². The van der Waals surface area contributed by atoms with E-state index in [2.05, 4.69) is 10.3 Å². The van der Waals surface area contributed by atoms with E-state index in [4.69, 9.17) is 4.74 Å². The monoisotopic (exact) mass is 250 g/mol. The smallest absolute Gasteiger partial charge is 0.252 e. The van der Waals surface area contributed by atoms with Crippen molar-refractivity contribution < 1.29 is 14.6 Å². The minimum atomic E-state index is -0.965. The second-order valence-electron chi connectivity index (χ2n) is 4.80. The zero-order valence-electron chi connectivity index (χ0n) is 10.6. The molecule has 0 aliphatic carbocycles. The van der Waals surface area contributed by atoms with Crippen LogP contribution in [0.2, 0.25) is 0 Å². The first kappa shape index (κ1) is 13.0. The Kier molecular flexibility index (Phi) is 3.63. The molecule has 0 radical (unpaired) electrons. The fourth-order valence-electron chi connectivity index (χ4n) is 2.02. The Bertz CT molecular complexity index is 450. The number of ether oxygens (including phenoxy) is 1. The molecule has 0 aromatic carbocycles. The van der Waals surface area contributed by atoms with Crippen molar-refractivity contribution in [1.82, 2.24) is 10.3 Å². The summed E-state index contributed by atoms with van der Waals surface area (Å²) in [5, 5.41) is 13.0. The van der Waals surface area contributed by atoms with E-state index in [1.807, 2.05) is 13.8 Å². The Balaban J connectivity index is 1.96. The molecule has 1 fully saturated rings. The fourth-order valence-corrected chi connectivity index (χ4v) is 2.02. The van der Waals surface area contributed by atoms with E-state index >= 15 is 0 Å². The lowest BCUT2D eigenvalue weighted by Gasteiger charge is -2.26. The van der Waals surface area contributed by atoms with Crippen molar-refractivity contribution in [1.29, 1.82) is 0 Å². The van der Waals surface area contributed by atoms with Gasteiger partial charge in [-0.1, -0.05) is 0 Å². The maximum atomic E-state index is 11.9. The molecule has 1 aliphatic heterocycles. The summed E-state index contributed by atoms with van der Waals surface area (Å²) in [5.41, 5.74) is 0.469. The number of nitrogens with one attached hydrogen (secondary N) is 1. The van der Waals surface area contributed by atoms with Crippen molar-refractivity contribution in [3.63, 3.8) is 0 Å². The second kappa shape index (κ2) is 5.04. The topological polar surface area (TPSA) is 71.5 Å². The van der Waals surface area contributed by atoms with Gasteiger partial charge in [-0.3, -0.25) is 9.78 Å². The molecule has 2 N–H and O–H groups in total. The largest absolute Gasteiger partial charge is 0.385 e. The molecule has 0 spiro atoms. The number of rotatable bonds is 3. The van der Waals surface area contributed by atoms with Crippen LogP contribution in [0.15, 0.2) is 18.5 Å². The lowest BCUT2D eigenvalue weighted by atomic mass is 9.96. The first-order valence-corrected chi connectivity index (χ1v) is 6.05. The lowest BCUT2D eigenvalue weighted by molar-refractivity contribution is -0.0251. The van der Waals surface area contributed by atoms with E-state index < -0.39 is 5.60 Å². The predicted octanol–water partition coefficient (Wildman–Crippen LogP) is 0.660. The van der Waals surface area contributed by atoms with Gasteiger partial charge < -0.3 is 15.2 Å². The Hall–Kier alpha value is -1.46. The molecule has 1 amide bonds. The van der Waals surface area contributed by atoms with Gasteiger partial charge in [0.2, 0.25) is 0 Å². The Morgan fingerprint density at radius 1 is 1.67 bits per heavy atom. The third-order valence-corrected chi connectivity index (χ3v) is 3.35. The minimum Gasteiger partial charge on any atom is -0.385 e. The van der Waals surface area contributed by atoms with Gasteiger partial charge in [-0.2, -0.15) is 0 Å². The van der Waals surface area contributed by atoms with Crippen LogP contribution in [0.5, 0.6) is 0 Å². The minimum absolute atomic E-state index is 0.195. The predicted molar refractivity (Wildman–Crippen MR) is 66.3 cm³/mol. The molecule has 2 atom stereocenters. The van der Waals surface area contributed by atoms with Gasteiger partial charge in [-0.05, 0) is 25.5 Å². The van der Waals surface area contributed by atoms with E-state index in [9.17, 15) is 9.90 Å². The normalized spacial score (nSPS) is 27.2. The molecule has 2 unspecified atom stereocenters. The maximum absolute atomic E-state index is 11.9. The number of aromatic nitrogens is 1. The molecular formula is C13H18N2O3. The molecule has 1 aromatic heterocycles. The quantitative estimate of drug-likeness (QED) is 0.826. The maximum Gasteiger partial charge on any atom is 0.252 e. The molecule has 2 rings (SSSR count). The third kappa shape index (κ3) is 2.68. The number of pyridine rings is 1. The summed E-state index contributed by atoms with van der Waals surface area (Å²) in [6.07, 6.45) is 3.49. The summed E-state index contributed by atoms with van der Waals surface area (Å²) in [4.78, 5) is 15.9. The second-order valence-corrected chi connectivity index (χ2v) is 4.80. The summed E-state index contributed by atoms with van der Waals surface area (Å²) >= 11 is 0. The Labute approximate surface area is 106 Å². The first-order chi connectivity index (χ1) is 8.51. The van der Waals surface area contributed by atoms with Gasteiger partial charge in [0.1, 0.15) is 5.60 Å². The van der Waals surface area contributed by atoms with Crippen molar-refractivity contribution in [3.8, 4) is 0 Å². The summed E-state index contributed by atoms with van der Waals surface area (Å²) < 4.78 is 5.31. The van der Waals surface area contributed by atoms with Crippen molar-refractivity contribution in [2.24, 2.45) is 0 Å². The van der Waals surface area contributed by atoms with Gasteiger partial charge >= 0.3 is 0 Å². The van der Waals surface area contributed by atoms with Crippen LogP contribution in [0.25, 0.3) is 0 Å². The number of aryl methyl sites for hydroxylation is 1. The molecule has 2 heterocycles. The van der Waals surface area contributed by atoms with E-state index in [1.165, 1.54) is 6.20 Å². The molecule has 5 nitrogen and oxygen atoms in total. The zero-order valence-corrected chi connectivity index (χ0v) is 10.6. The molecule has 0 bridgehead atoms. The molecule has 5 heteroatoms. The molecule has 18 heavy (non-hydrogen) atoms. The van der Waals surface area contributed by atoms with Crippen LogP contribution in [0, 0.1) is 6.92 Å². The summed E-state index contributed by atoms with van der Waals surface area (Å²) in [6, 6.07) is 1.76. The van der Waals surface area contributed by atoms with Crippen LogP contribution in [0.3, 0.4) is 0 Å². The van der Waals surface area contributed by atoms with E-state index in [-0.39, 0.29) is 18.6 Å². The highest BCUT2D eigenvalue weighted by Crippen LogP contribution is 2.24. The molecule has 1 saturated heterocycles. The summed E-state index contributed by atoms with van der Waals surface area (Å²) in [5.74, 6) is -0.223. The average Bonchev–Trinajstić information content (AvgIpc) is 2.67. The number of carbonyl (C=O) groups excluding carboxylic acids is 1. The van der Waals surface area contributed by atoms with Gasteiger partial charge in [0.05, 0.1) is 11.7 Å². The highest BCUT2D eigenvalue weighted by atomic mass is 16.5. The molecule has 98 valence electrons. The summed E-state index contributed by atoms with van der Waals surface area (Å²) in [7, 11) is 0. The van der Waals surface area contributed by atoms with Crippen LogP contribution in [-0.2, 0) is 4.74 Å². The number of carbonyl (C=O) groups is 1.